The number of amides is 1. The van der Waals surface area contributed by atoms with Crippen LogP contribution in [0.4, 0.5) is 0 Å². The molecule has 0 bridgehead atoms. The maximum Gasteiger partial charge on any atom is 0.328 e. The van der Waals surface area contributed by atoms with Crippen molar-refractivity contribution in [1.82, 2.24) is 24.0 Å². The summed E-state index contributed by atoms with van der Waals surface area (Å²) in [6.07, 6.45) is 3.56. The smallest absolute Gasteiger partial charge is 0.328 e. The Bertz CT molecular complexity index is 1010. The average molecular weight is 355 g/mol. The Morgan fingerprint density at radius 1 is 1.15 bits per heavy atom. The average Bonchev–Trinajstić information content (AvgIpc) is 3.20. The number of benzene rings is 1. The van der Waals surface area contributed by atoms with Gasteiger partial charge in [-0.25, -0.2) is 9.78 Å². The molecule has 0 aliphatic heterocycles. The minimum Gasteiger partial charge on any atom is -0.350 e. The van der Waals surface area contributed by atoms with Gasteiger partial charge in [0.2, 0.25) is 5.91 Å². The number of imidazole rings is 2. The fraction of sp³-hybridized carbons (Fsp3) is 0.421. The summed E-state index contributed by atoms with van der Waals surface area (Å²) in [6, 6.07) is 5.45. The molecule has 1 atom stereocenters. The Balaban J connectivity index is 1.75. The largest absolute Gasteiger partial charge is 0.350 e. The second-order valence-corrected chi connectivity index (χ2v) is 6.96. The van der Waals surface area contributed by atoms with E-state index in [4.69, 9.17) is 0 Å². The summed E-state index contributed by atoms with van der Waals surface area (Å²) in [5, 5.41) is 2.98. The molecule has 7 nitrogen and oxygen atoms in total. The Labute approximate surface area is 152 Å². The first-order valence-corrected chi connectivity index (χ1v) is 8.76. The number of aryl methyl sites for hydroxylation is 2. The van der Waals surface area contributed by atoms with Crippen LogP contribution >= 0.6 is 0 Å². The van der Waals surface area contributed by atoms with Gasteiger partial charge in [-0.3, -0.25) is 13.9 Å². The zero-order valence-corrected chi connectivity index (χ0v) is 15.9. The zero-order chi connectivity index (χ0) is 19.0. The third kappa shape index (κ3) is 3.05. The van der Waals surface area contributed by atoms with Gasteiger partial charge in [0.1, 0.15) is 11.9 Å². The molecule has 1 amide bonds. The maximum atomic E-state index is 12.6. The van der Waals surface area contributed by atoms with Gasteiger partial charge in [-0.2, -0.15) is 0 Å². The van der Waals surface area contributed by atoms with Crippen molar-refractivity contribution >= 4 is 16.9 Å². The van der Waals surface area contributed by atoms with E-state index in [1.165, 1.54) is 0 Å². The van der Waals surface area contributed by atoms with E-state index in [0.717, 1.165) is 22.4 Å². The van der Waals surface area contributed by atoms with Gasteiger partial charge in [-0.15, -0.1) is 0 Å². The Hall–Kier alpha value is -2.83. The van der Waals surface area contributed by atoms with Crippen molar-refractivity contribution in [2.45, 2.75) is 39.3 Å². The molecule has 0 radical (unpaired) electrons. The van der Waals surface area contributed by atoms with Crippen molar-refractivity contribution in [3.63, 3.8) is 0 Å². The second kappa shape index (κ2) is 6.82. The van der Waals surface area contributed by atoms with Crippen LogP contribution in [0.2, 0.25) is 0 Å². The lowest BCUT2D eigenvalue weighted by atomic mass is 10.1. The van der Waals surface area contributed by atoms with Gasteiger partial charge in [0, 0.05) is 39.0 Å². The lowest BCUT2D eigenvalue weighted by Crippen LogP contribution is -2.31. The molecule has 0 aliphatic carbocycles. The second-order valence-electron chi connectivity index (χ2n) is 6.96. The Morgan fingerprint density at radius 2 is 1.85 bits per heavy atom. The molecular formula is C19H25N5O2. The number of aromatic nitrogens is 4. The van der Waals surface area contributed by atoms with Crippen LogP contribution in [0, 0.1) is 0 Å². The summed E-state index contributed by atoms with van der Waals surface area (Å²) in [5.74, 6) is 1.09. The molecule has 1 aromatic carbocycles. The quantitative estimate of drug-likeness (QED) is 0.761. The minimum atomic E-state index is -0.334. The van der Waals surface area contributed by atoms with E-state index >= 15 is 0 Å². The molecule has 0 saturated heterocycles. The van der Waals surface area contributed by atoms with Gasteiger partial charge >= 0.3 is 5.69 Å². The van der Waals surface area contributed by atoms with E-state index in [9.17, 15) is 9.59 Å². The zero-order valence-electron chi connectivity index (χ0n) is 15.9. The van der Waals surface area contributed by atoms with E-state index in [-0.39, 0.29) is 23.6 Å². The molecule has 7 heteroatoms. The van der Waals surface area contributed by atoms with Crippen LogP contribution in [0.3, 0.4) is 0 Å². The molecule has 0 aliphatic rings. The number of carbonyl (C=O) groups is 1. The summed E-state index contributed by atoms with van der Waals surface area (Å²) in [7, 11) is 3.51. The number of carbonyl (C=O) groups excluding carboxylic acids is 1. The third-order valence-corrected chi connectivity index (χ3v) is 4.81. The number of hydrogen-bond acceptors (Lipinski definition) is 3. The first-order chi connectivity index (χ1) is 12.3. The first kappa shape index (κ1) is 18.0. The first-order valence-electron chi connectivity index (χ1n) is 8.76. The van der Waals surface area contributed by atoms with Crippen LogP contribution in [-0.4, -0.2) is 24.6 Å². The molecule has 2 heterocycles. The molecule has 3 rings (SSSR count). The van der Waals surface area contributed by atoms with Crippen LogP contribution in [0.1, 0.15) is 44.1 Å². The monoisotopic (exact) mass is 355 g/mol. The summed E-state index contributed by atoms with van der Waals surface area (Å²) >= 11 is 0. The highest BCUT2D eigenvalue weighted by molar-refractivity contribution is 5.80. The van der Waals surface area contributed by atoms with Gasteiger partial charge in [-0.05, 0) is 24.6 Å². The normalized spacial score (nSPS) is 12.7. The molecule has 138 valence electrons. The topological polar surface area (TPSA) is 73.8 Å². The van der Waals surface area contributed by atoms with Crippen molar-refractivity contribution in [2.24, 2.45) is 14.1 Å². The van der Waals surface area contributed by atoms with E-state index < -0.39 is 0 Å². The van der Waals surface area contributed by atoms with Crippen LogP contribution in [0.5, 0.6) is 0 Å². The SMILES string of the molecule is CC(C)c1nccn1[C@H](C)C(=O)NCc1ccc2c(c1)n(C)c(=O)n2C. The van der Waals surface area contributed by atoms with Gasteiger partial charge in [-0.1, -0.05) is 19.9 Å². The standard InChI is InChI=1S/C19H25N5O2/c1-12(2)17-20-8-9-24(17)13(3)18(25)21-11-14-6-7-15-16(10-14)23(5)19(26)22(15)4/h6-10,12-13H,11H2,1-5H3,(H,21,25)/t13-/m1/s1. The Morgan fingerprint density at radius 3 is 2.54 bits per heavy atom. The number of nitrogens with one attached hydrogen (secondary N) is 1. The lowest BCUT2D eigenvalue weighted by Gasteiger charge is -2.18. The van der Waals surface area contributed by atoms with Gasteiger partial charge < -0.3 is 9.88 Å². The summed E-state index contributed by atoms with van der Waals surface area (Å²) < 4.78 is 5.14. The van der Waals surface area contributed by atoms with Crippen LogP contribution < -0.4 is 11.0 Å². The van der Waals surface area contributed by atoms with Crippen molar-refractivity contribution in [1.29, 1.82) is 0 Å². The van der Waals surface area contributed by atoms with Crippen LogP contribution in [-0.2, 0) is 25.4 Å². The number of fused-ring (bicyclic) bond motifs is 1. The molecule has 0 saturated carbocycles. The molecule has 0 spiro atoms. The molecular weight excluding hydrogens is 330 g/mol. The summed E-state index contributed by atoms with van der Waals surface area (Å²) in [4.78, 5) is 28.9. The maximum absolute atomic E-state index is 12.6. The van der Waals surface area contributed by atoms with E-state index in [1.54, 1.807) is 29.4 Å². The fourth-order valence-electron chi connectivity index (χ4n) is 3.22. The van der Waals surface area contributed by atoms with Crippen molar-refractivity contribution < 1.29 is 4.79 Å². The van der Waals surface area contributed by atoms with Crippen molar-refractivity contribution in [2.75, 3.05) is 0 Å². The predicted octanol–water partition coefficient (Wildman–Crippen LogP) is 2.07. The molecule has 2 aromatic heterocycles. The van der Waals surface area contributed by atoms with Crippen molar-refractivity contribution in [3.8, 4) is 0 Å². The molecule has 1 N–H and O–H groups in total. The van der Waals surface area contributed by atoms with Gasteiger partial charge in [0.05, 0.1) is 11.0 Å². The molecule has 0 unspecified atom stereocenters. The Kier molecular flexibility index (Phi) is 4.71. The third-order valence-electron chi connectivity index (χ3n) is 4.81. The predicted molar refractivity (Wildman–Crippen MR) is 101 cm³/mol. The van der Waals surface area contributed by atoms with Gasteiger partial charge in [0.15, 0.2) is 0 Å². The highest BCUT2D eigenvalue weighted by atomic mass is 16.2. The van der Waals surface area contributed by atoms with Crippen LogP contribution in [0.15, 0.2) is 35.4 Å². The van der Waals surface area contributed by atoms with Gasteiger partial charge in [0.25, 0.3) is 0 Å². The lowest BCUT2D eigenvalue weighted by molar-refractivity contribution is -0.124. The number of rotatable bonds is 5. The highest BCUT2D eigenvalue weighted by Gasteiger charge is 2.19. The van der Waals surface area contributed by atoms with Crippen LogP contribution in [0.25, 0.3) is 11.0 Å². The van der Waals surface area contributed by atoms with E-state index in [1.807, 2.05) is 35.9 Å². The summed E-state index contributed by atoms with van der Waals surface area (Å²) in [6.45, 7) is 6.40. The fourth-order valence-corrected chi connectivity index (χ4v) is 3.22. The molecule has 0 fully saturated rings. The number of hydrogen-bond donors (Lipinski definition) is 1. The number of nitrogens with zero attached hydrogens (tertiary/aromatic N) is 4. The molecule has 3 aromatic rings. The highest BCUT2D eigenvalue weighted by Crippen LogP contribution is 2.18. The summed E-state index contributed by atoms with van der Waals surface area (Å²) in [5.41, 5.74) is 2.63. The minimum absolute atomic E-state index is 0.0591. The van der Waals surface area contributed by atoms with Crippen molar-refractivity contribution in [3.05, 3.63) is 52.5 Å². The van der Waals surface area contributed by atoms with E-state index in [2.05, 4.69) is 24.1 Å². The van der Waals surface area contributed by atoms with E-state index in [0.29, 0.717) is 6.54 Å². The molecule has 26 heavy (non-hydrogen) atoms.